The summed E-state index contributed by atoms with van der Waals surface area (Å²) in [6.45, 7) is 9.53. The molecule has 0 saturated carbocycles. The van der Waals surface area contributed by atoms with Crippen molar-refractivity contribution in [1.82, 2.24) is 16.0 Å². The van der Waals surface area contributed by atoms with Crippen molar-refractivity contribution >= 4 is 29.8 Å². The number of carbonyl (C=O) groups excluding carboxylic acids is 5. The lowest BCUT2D eigenvalue weighted by Gasteiger charge is -2.26. The molecular formula is C22H40N4O8. The van der Waals surface area contributed by atoms with E-state index in [2.05, 4.69) is 16.0 Å². The average Bonchev–Trinajstić information content (AvgIpc) is 2.64. The molecule has 0 aliphatic carbocycles. The van der Waals surface area contributed by atoms with E-state index in [0.717, 1.165) is 0 Å². The number of nitrogens with two attached hydrogens (primary N) is 1. The summed E-state index contributed by atoms with van der Waals surface area (Å²) in [4.78, 5) is 61.1. The lowest BCUT2D eigenvalue weighted by Crippen LogP contribution is -2.57. The molecule has 0 fully saturated rings. The van der Waals surface area contributed by atoms with Crippen molar-refractivity contribution < 1.29 is 38.6 Å². The zero-order valence-corrected chi connectivity index (χ0v) is 21.0. The van der Waals surface area contributed by atoms with Crippen molar-refractivity contribution in [2.24, 2.45) is 5.73 Å². The number of alkyl carbamates (subject to hydrolysis) is 1. The molecule has 0 heterocycles. The van der Waals surface area contributed by atoms with Crippen molar-refractivity contribution in [2.75, 3.05) is 13.2 Å². The molecule has 0 aliphatic rings. The van der Waals surface area contributed by atoms with Gasteiger partial charge in [0.2, 0.25) is 17.7 Å². The Labute approximate surface area is 200 Å². The van der Waals surface area contributed by atoms with Crippen LogP contribution >= 0.6 is 0 Å². The largest absolute Gasteiger partial charge is 0.458 e. The van der Waals surface area contributed by atoms with Gasteiger partial charge in [0.05, 0.1) is 6.42 Å². The van der Waals surface area contributed by atoms with Crippen molar-refractivity contribution in [3.05, 3.63) is 0 Å². The first-order valence-electron chi connectivity index (χ1n) is 11.2. The molecule has 0 radical (unpaired) electrons. The van der Waals surface area contributed by atoms with Crippen LogP contribution in [0.5, 0.6) is 0 Å². The number of amides is 4. The van der Waals surface area contributed by atoms with Crippen molar-refractivity contribution in [1.29, 1.82) is 0 Å². The van der Waals surface area contributed by atoms with Crippen molar-refractivity contribution in [2.45, 2.75) is 96.9 Å². The van der Waals surface area contributed by atoms with Gasteiger partial charge in [0, 0.05) is 19.6 Å². The van der Waals surface area contributed by atoms with Crippen LogP contribution in [0.25, 0.3) is 0 Å². The summed E-state index contributed by atoms with van der Waals surface area (Å²) in [6, 6.07) is -2.70. The number of aliphatic hydroxyl groups excluding tert-OH is 1. The van der Waals surface area contributed by atoms with E-state index in [-0.39, 0.29) is 25.5 Å². The second kappa shape index (κ2) is 14.4. The van der Waals surface area contributed by atoms with Gasteiger partial charge in [0.1, 0.15) is 23.3 Å². The predicted octanol–water partition coefficient (Wildman–Crippen LogP) is 0.251. The van der Waals surface area contributed by atoms with Gasteiger partial charge in [-0.15, -0.1) is 0 Å². The SMILES string of the molecule is CC(C)(C)OC(=O)NC(CNC(=O)CCCCCO)C(=O)NC(CC(N)=O)C(=O)OC(C)(C)C. The fourth-order valence-corrected chi connectivity index (χ4v) is 2.58. The number of esters is 1. The quantitative estimate of drug-likeness (QED) is 0.180. The second-order valence-electron chi connectivity index (χ2n) is 9.80. The molecule has 0 aromatic heterocycles. The Bertz CT molecular complexity index is 713. The summed E-state index contributed by atoms with van der Waals surface area (Å²) in [5, 5.41) is 16.1. The number of hydrogen-bond donors (Lipinski definition) is 5. The van der Waals surface area contributed by atoms with Crippen LogP contribution in [0.2, 0.25) is 0 Å². The molecule has 196 valence electrons. The maximum Gasteiger partial charge on any atom is 0.408 e. The van der Waals surface area contributed by atoms with E-state index in [9.17, 15) is 24.0 Å². The highest BCUT2D eigenvalue weighted by atomic mass is 16.6. The van der Waals surface area contributed by atoms with Gasteiger partial charge in [0.25, 0.3) is 0 Å². The average molecular weight is 489 g/mol. The van der Waals surface area contributed by atoms with Crippen LogP contribution in [0.15, 0.2) is 0 Å². The standard InChI is InChI=1S/C22H40N4O8/c1-21(2,3)33-19(31)14(12-16(23)28)25-18(30)15(26-20(32)34-22(4,5)6)13-24-17(29)10-8-7-9-11-27/h14-15,27H,7-13H2,1-6H3,(H2,23,28)(H,24,29)(H,25,30)(H,26,32). The van der Waals surface area contributed by atoms with Crippen LogP contribution in [-0.2, 0) is 28.7 Å². The number of primary amides is 1. The summed E-state index contributed by atoms with van der Waals surface area (Å²) in [5.41, 5.74) is 3.48. The minimum Gasteiger partial charge on any atom is -0.458 e. The smallest absolute Gasteiger partial charge is 0.408 e. The number of unbranched alkanes of at least 4 members (excludes halogenated alkanes) is 2. The first-order chi connectivity index (χ1) is 15.5. The van der Waals surface area contributed by atoms with Crippen molar-refractivity contribution in [3.8, 4) is 0 Å². The topological polar surface area (TPSA) is 186 Å². The van der Waals surface area contributed by atoms with Crippen molar-refractivity contribution in [3.63, 3.8) is 0 Å². The first kappa shape index (κ1) is 31.1. The Kier molecular flexibility index (Phi) is 13.2. The van der Waals surface area contributed by atoms with E-state index in [1.165, 1.54) is 0 Å². The van der Waals surface area contributed by atoms with Gasteiger partial charge < -0.3 is 36.3 Å². The normalized spacial score (nSPS) is 13.3. The molecule has 2 unspecified atom stereocenters. The summed E-state index contributed by atoms with van der Waals surface area (Å²) >= 11 is 0. The minimum atomic E-state index is -1.39. The molecule has 0 saturated heterocycles. The lowest BCUT2D eigenvalue weighted by atomic mass is 10.1. The van der Waals surface area contributed by atoms with E-state index in [4.69, 9.17) is 20.3 Å². The Balaban J connectivity index is 5.38. The maximum atomic E-state index is 12.9. The summed E-state index contributed by atoms with van der Waals surface area (Å²) < 4.78 is 10.4. The number of aliphatic hydroxyl groups is 1. The third-order valence-corrected chi connectivity index (χ3v) is 3.99. The van der Waals surface area contributed by atoms with Gasteiger partial charge in [-0.2, -0.15) is 0 Å². The molecule has 0 spiro atoms. The number of carbonyl (C=O) groups is 5. The van der Waals surface area contributed by atoms with E-state index < -0.39 is 53.6 Å². The third-order valence-electron chi connectivity index (χ3n) is 3.99. The molecule has 0 aliphatic heterocycles. The predicted molar refractivity (Wildman–Crippen MR) is 123 cm³/mol. The van der Waals surface area contributed by atoms with Crippen LogP contribution in [0.1, 0.15) is 73.6 Å². The van der Waals surface area contributed by atoms with Gasteiger partial charge >= 0.3 is 12.1 Å². The maximum absolute atomic E-state index is 12.9. The number of hydrogen-bond acceptors (Lipinski definition) is 8. The molecule has 0 aromatic rings. The molecule has 6 N–H and O–H groups in total. The van der Waals surface area contributed by atoms with Crippen LogP contribution < -0.4 is 21.7 Å². The Morgan fingerprint density at radius 3 is 1.94 bits per heavy atom. The minimum absolute atomic E-state index is 0.0355. The van der Waals surface area contributed by atoms with Gasteiger partial charge in [-0.1, -0.05) is 6.42 Å². The first-order valence-corrected chi connectivity index (χ1v) is 11.2. The monoisotopic (exact) mass is 488 g/mol. The summed E-state index contributed by atoms with van der Waals surface area (Å²) in [5.74, 6) is -2.92. The Morgan fingerprint density at radius 2 is 1.44 bits per heavy atom. The molecule has 4 amide bonds. The lowest BCUT2D eigenvalue weighted by molar-refractivity contribution is -0.159. The van der Waals surface area contributed by atoms with Gasteiger partial charge in [-0.3, -0.25) is 14.4 Å². The molecule has 12 nitrogen and oxygen atoms in total. The van der Waals surface area contributed by atoms with Crippen LogP contribution in [-0.4, -0.2) is 71.3 Å². The van der Waals surface area contributed by atoms with Crippen LogP contribution in [0.4, 0.5) is 4.79 Å². The highest BCUT2D eigenvalue weighted by Crippen LogP contribution is 2.10. The molecule has 12 heteroatoms. The van der Waals surface area contributed by atoms with Gasteiger partial charge in [-0.05, 0) is 54.4 Å². The van der Waals surface area contributed by atoms with E-state index in [1.807, 2.05) is 0 Å². The highest BCUT2D eigenvalue weighted by molar-refractivity contribution is 5.92. The summed E-state index contributed by atoms with van der Waals surface area (Å²) in [6.07, 6.45) is 0.523. The molecule has 0 aromatic carbocycles. The zero-order chi connectivity index (χ0) is 26.5. The Hall–Kier alpha value is -2.89. The number of ether oxygens (including phenoxy) is 2. The van der Waals surface area contributed by atoms with Gasteiger partial charge in [-0.25, -0.2) is 9.59 Å². The van der Waals surface area contributed by atoms with E-state index >= 15 is 0 Å². The molecule has 34 heavy (non-hydrogen) atoms. The Morgan fingerprint density at radius 1 is 0.853 bits per heavy atom. The van der Waals surface area contributed by atoms with Crippen LogP contribution in [0.3, 0.4) is 0 Å². The third kappa shape index (κ3) is 15.8. The summed E-state index contributed by atoms with van der Waals surface area (Å²) in [7, 11) is 0. The highest BCUT2D eigenvalue weighted by Gasteiger charge is 2.32. The number of rotatable bonds is 13. The molecule has 0 bridgehead atoms. The molecular weight excluding hydrogens is 448 g/mol. The molecule has 2 atom stereocenters. The number of nitrogens with one attached hydrogen (secondary N) is 3. The fraction of sp³-hybridized carbons (Fsp3) is 0.773. The van der Waals surface area contributed by atoms with E-state index in [1.54, 1.807) is 41.5 Å². The van der Waals surface area contributed by atoms with Crippen LogP contribution in [0, 0.1) is 0 Å². The zero-order valence-electron chi connectivity index (χ0n) is 21.0. The van der Waals surface area contributed by atoms with Gasteiger partial charge in [0.15, 0.2) is 0 Å². The van der Waals surface area contributed by atoms with E-state index in [0.29, 0.717) is 19.3 Å². The molecule has 0 rings (SSSR count). The second-order valence-corrected chi connectivity index (χ2v) is 9.80. The fourth-order valence-electron chi connectivity index (χ4n) is 2.58.